The van der Waals surface area contributed by atoms with E-state index in [4.69, 9.17) is 4.74 Å². The number of phenols is 1. The Morgan fingerprint density at radius 2 is 2.27 bits per heavy atom. The molecule has 114 valence electrons. The van der Waals surface area contributed by atoms with E-state index in [2.05, 4.69) is 48.3 Å². The molecule has 0 saturated heterocycles. The molecule has 2 amide bonds. The fraction of sp³-hybridized carbons (Fsp3) is 0.154. The van der Waals surface area contributed by atoms with Gasteiger partial charge in [-0.3, -0.25) is 5.32 Å². The number of amidine groups is 1. The first-order chi connectivity index (χ1) is 10.5. The van der Waals surface area contributed by atoms with Gasteiger partial charge in [-0.1, -0.05) is 11.7 Å². The molecule has 0 spiro atoms. The quantitative estimate of drug-likeness (QED) is 0.632. The number of amides is 2. The van der Waals surface area contributed by atoms with Gasteiger partial charge in [0.2, 0.25) is 0 Å². The van der Waals surface area contributed by atoms with E-state index in [-0.39, 0.29) is 17.3 Å². The average Bonchev–Trinajstić information content (AvgIpc) is 2.48. The van der Waals surface area contributed by atoms with Gasteiger partial charge in [-0.25, -0.2) is 4.79 Å². The van der Waals surface area contributed by atoms with E-state index in [1.807, 2.05) is 6.92 Å². The van der Waals surface area contributed by atoms with Crippen molar-refractivity contribution in [2.45, 2.75) is 6.92 Å². The lowest BCUT2D eigenvalue weighted by Gasteiger charge is -2.08. The second-order valence-corrected chi connectivity index (χ2v) is 4.91. The molecule has 1 aromatic rings. The van der Waals surface area contributed by atoms with Gasteiger partial charge in [-0.05, 0) is 40.5 Å². The third-order valence-electron chi connectivity index (χ3n) is 2.48. The molecular formula is C13H12BrN5O3. The molecule has 0 bridgehead atoms. The first-order valence-corrected chi connectivity index (χ1v) is 6.99. The number of hydrogen-bond donors (Lipinski definition) is 2. The van der Waals surface area contributed by atoms with E-state index in [9.17, 15) is 9.90 Å². The number of aromatic hydroxyl groups is 1. The number of carbonyl (C=O) groups is 1. The van der Waals surface area contributed by atoms with Crippen molar-refractivity contribution in [3.05, 3.63) is 34.4 Å². The molecular weight excluding hydrogens is 354 g/mol. The molecule has 2 rings (SSSR count). The topological polar surface area (TPSA) is 108 Å². The van der Waals surface area contributed by atoms with Crippen LogP contribution in [0.1, 0.15) is 12.5 Å². The van der Waals surface area contributed by atoms with Crippen molar-refractivity contribution >= 4 is 34.0 Å². The highest BCUT2D eigenvalue weighted by Gasteiger charge is 2.14. The fourth-order valence-electron chi connectivity index (χ4n) is 1.52. The molecule has 0 unspecified atom stereocenters. The molecule has 8 nitrogen and oxygen atoms in total. The van der Waals surface area contributed by atoms with E-state index in [1.54, 1.807) is 12.1 Å². The van der Waals surface area contributed by atoms with Gasteiger partial charge in [0.05, 0.1) is 17.3 Å². The van der Waals surface area contributed by atoms with E-state index < -0.39 is 6.03 Å². The summed E-state index contributed by atoms with van der Waals surface area (Å²) in [5.41, 5.74) is 0.852. The van der Waals surface area contributed by atoms with E-state index in [0.29, 0.717) is 22.4 Å². The van der Waals surface area contributed by atoms with Crippen molar-refractivity contribution in [2.75, 3.05) is 6.61 Å². The summed E-state index contributed by atoms with van der Waals surface area (Å²) in [4.78, 5) is 11.1. The highest BCUT2D eigenvalue weighted by molar-refractivity contribution is 9.10. The van der Waals surface area contributed by atoms with Crippen LogP contribution >= 0.6 is 15.9 Å². The number of rotatable bonds is 4. The molecule has 0 saturated carbocycles. The SMILES string of the molecule is C=C1N=NC(=O)N/C1=N/N=C/c1cc(Br)c(O)c(OCC)c1. The molecule has 9 heteroatoms. The standard InChI is InChI=1S/C13H12BrN5O3/c1-3-22-10-5-8(4-9(14)11(10)20)6-15-18-12-7(2)17-19-13(21)16-12/h4-6,20H,2-3H2,1H3,(H,16,18,21)/b15-6+. The van der Waals surface area contributed by atoms with E-state index in [1.165, 1.54) is 6.21 Å². The van der Waals surface area contributed by atoms with Crippen LogP contribution in [0.4, 0.5) is 4.79 Å². The predicted molar refractivity (Wildman–Crippen MR) is 84.5 cm³/mol. The summed E-state index contributed by atoms with van der Waals surface area (Å²) < 4.78 is 5.78. The Labute approximate surface area is 134 Å². The summed E-state index contributed by atoms with van der Waals surface area (Å²) in [5.74, 6) is 0.466. The number of ether oxygens (including phenoxy) is 1. The average molecular weight is 366 g/mol. The zero-order valence-electron chi connectivity index (χ0n) is 11.6. The number of nitrogens with one attached hydrogen (secondary N) is 1. The minimum atomic E-state index is -0.632. The third kappa shape index (κ3) is 3.76. The van der Waals surface area contributed by atoms with E-state index >= 15 is 0 Å². The van der Waals surface area contributed by atoms with Crippen LogP contribution in [0.15, 0.2) is 49.3 Å². The Morgan fingerprint density at radius 1 is 1.50 bits per heavy atom. The fourth-order valence-corrected chi connectivity index (χ4v) is 1.98. The Kier molecular flexibility index (Phi) is 4.99. The second-order valence-electron chi connectivity index (χ2n) is 4.05. The number of benzene rings is 1. The summed E-state index contributed by atoms with van der Waals surface area (Å²) in [6.07, 6.45) is 1.44. The van der Waals surface area contributed by atoms with E-state index in [0.717, 1.165) is 0 Å². The lowest BCUT2D eigenvalue weighted by atomic mass is 10.2. The highest BCUT2D eigenvalue weighted by Crippen LogP contribution is 2.35. The zero-order chi connectivity index (χ0) is 16.1. The molecule has 0 aliphatic carbocycles. The van der Waals surface area contributed by atoms with Crippen molar-refractivity contribution in [1.29, 1.82) is 0 Å². The van der Waals surface area contributed by atoms with Crippen LogP contribution in [0, 0.1) is 0 Å². The molecule has 1 heterocycles. The van der Waals surface area contributed by atoms with Gasteiger partial charge in [0.15, 0.2) is 17.3 Å². The monoisotopic (exact) mass is 365 g/mol. The zero-order valence-corrected chi connectivity index (χ0v) is 13.2. The minimum absolute atomic E-state index is 0.0126. The number of urea groups is 1. The maximum atomic E-state index is 11.1. The molecule has 1 aliphatic rings. The van der Waals surface area contributed by atoms with Gasteiger partial charge in [0.1, 0.15) is 5.70 Å². The van der Waals surface area contributed by atoms with Crippen LogP contribution in [-0.4, -0.2) is 29.8 Å². The van der Waals surface area contributed by atoms with Crippen LogP contribution < -0.4 is 10.1 Å². The van der Waals surface area contributed by atoms with Crippen LogP contribution in [0.5, 0.6) is 11.5 Å². The molecule has 0 fully saturated rings. The summed E-state index contributed by atoms with van der Waals surface area (Å²) >= 11 is 3.23. The van der Waals surface area contributed by atoms with Gasteiger partial charge in [-0.2, -0.15) is 5.10 Å². The Hall–Kier alpha value is -2.55. The van der Waals surface area contributed by atoms with Crippen molar-refractivity contribution in [2.24, 2.45) is 20.4 Å². The molecule has 1 aliphatic heterocycles. The number of azo groups is 1. The summed E-state index contributed by atoms with van der Waals surface area (Å²) in [6, 6.07) is 2.63. The van der Waals surface area contributed by atoms with Crippen molar-refractivity contribution < 1.29 is 14.6 Å². The number of phenolic OH excluding ortho intramolecular Hbond substituents is 1. The largest absolute Gasteiger partial charge is 0.503 e. The normalized spacial score (nSPS) is 16.4. The molecule has 0 aromatic heterocycles. The molecule has 22 heavy (non-hydrogen) atoms. The summed E-state index contributed by atoms with van der Waals surface area (Å²) in [5, 5.41) is 26.7. The highest BCUT2D eigenvalue weighted by atomic mass is 79.9. The minimum Gasteiger partial charge on any atom is -0.503 e. The summed E-state index contributed by atoms with van der Waals surface area (Å²) in [7, 11) is 0. The summed E-state index contributed by atoms with van der Waals surface area (Å²) in [6.45, 7) is 5.81. The van der Waals surface area contributed by atoms with Gasteiger partial charge >= 0.3 is 6.03 Å². The van der Waals surface area contributed by atoms with Gasteiger partial charge in [-0.15, -0.1) is 10.2 Å². The van der Waals surface area contributed by atoms with Crippen LogP contribution in [0.2, 0.25) is 0 Å². The van der Waals surface area contributed by atoms with Gasteiger partial charge < -0.3 is 9.84 Å². The van der Waals surface area contributed by atoms with Crippen molar-refractivity contribution in [1.82, 2.24) is 5.32 Å². The number of hydrogen-bond acceptors (Lipinski definition) is 6. The predicted octanol–water partition coefficient (Wildman–Crippen LogP) is 2.97. The van der Waals surface area contributed by atoms with Gasteiger partial charge in [0, 0.05) is 0 Å². The van der Waals surface area contributed by atoms with Crippen LogP contribution in [0.25, 0.3) is 0 Å². The smallest absolute Gasteiger partial charge is 0.365 e. The molecule has 0 atom stereocenters. The number of halogens is 1. The van der Waals surface area contributed by atoms with Crippen LogP contribution in [0.3, 0.4) is 0 Å². The number of nitrogens with zero attached hydrogens (tertiary/aromatic N) is 4. The first kappa shape index (κ1) is 15.8. The Morgan fingerprint density at radius 3 is 3.00 bits per heavy atom. The van der Waals surface area contributed by atoms with Crippen LogP contribution in [-0.2, 0) is 0 Å². The molecule has 1 aromatic carbocycles. The van der Waals surface area contributed by atoms with Crippen molar-refractivity contribution in [3.63, 3.8) is 0 Å². The molecule has 0 radical (unpaired) electrons. The second kappa shape index (κ2) is 6.94. The van der Waals surface area contributed by atoms with Gasteiger partial charge in [0.25, 0.3) is 0 Å². The lowest BCUT2D eigenvalue weighted by molar-refractivity contribution is 0.251. The third-order valence-corrected chi connectivity index (χ3v) is 3.08. The van der Waals surface area contributed by atoms with Crippen molar-refractivity contribution in [3.8, 4) is 11.5 Å². The first-order valence-electron chi connectivity index (χ1n) is 6.19. The maximum absolute atomic E-state index is 11.1. The number of carbonyl (C=O) groups excluding carboxylic acids is 1. The maximum Gasteiger partial charge on any atom is 0.365 e. The Bertz CT molecular complexity index is 712. The Balaban J connectivity index is 2.22. The lowest BCUT2D eigenvalue weighted by Crippen LogP contribution is -2.31. The molecule has 2 N–H and O–H groups in total.